The maximum atomic E-state index is 12.2. The lowest BCUT2D eigenvalue weighted by Crippen LogP contribution is -2.31. The highest BCUT2D eigenvalue weighted by atomic mass is 32.2. The third-order valence-electron chi connectivity index (χ3n) is 4.18. The number of carbonyl (C=O) groups is 2. The smallest absolute Gasteiger partial charge is 0.240 e. The van der Waals surface area contributed by atoms with Gasteiger partial charge in [0.2, 0.25) is 11.8 Å². The summed E-state index contributed by atoms with van der Waals surface area (Å²) in [6, 6.07) is 19.4. The topological polar surface area (TPSA) is 82.9 Å². The zero-order chi connectivity index (χ0) is 19.8. The number of rotatable bonds is 7. The van der Waals surface area contributed by atoms with Crippen molar-refractivity contribution in [2.45, 2.75) is 31.6 Å². The van der Waals surface area contributed by atoms with E-state index in [1.54, 1.807) is 0 Å². The highest BCUT2D eigenvalue weighted by Crippen LogP contribution is 2.22. The van der Waals surface area contributed by atoms with Crippen LogP contribution >= 0.6 is 11.8 Å². The summed E-state index contributed by atoms with van der Waals surface area (Å²) in [5.74, 6) is -0.383. The van der Waals surface area contributed by atoms with E-state index in [9.17, 15) is 9.59 Å². The fourth-order valence-electron chi connectivity index (χ4n) is 2.69. The second-order valence-corrected chi connectivity index (χ2v) is 7.43. The Bertz CT molecular complexity index is 882. The second kappa shape index (κ2) is 9.85. The average Bonchev–Trinajstić information content (AvgIpc) is 3.07. The Labute approximate surface area is 168 Å². The largest absolute Gasteiger partial charge is 0.352 e. The van der Waals surface area contributed by atoms with Crippen LogP contribution in [0.15, 0.2) is 70.9 Å². The fourth-order valence-corrected chi connectivity index (χ4v) is 3.61. The van der Waals surface area contributed by atoms with Crippen molar-refractivity contribution in [3.8, 4) is 0 Å². The molecule has 0 aliphatic carbocycles. The molecule has 3 rings (SSSR count). The van der Waals surface area contributed by atoms with Crippen molar-refractivity contribution in [2.75, 3.05) is 0 Å². The summed E-state index contributed by atoms with van der Waals surface area (Å²) in [5, 5.41) is 13.9. The van der Waals surface area contributed by atoms with Crippen molar-refractivity contribution >= 4 is 34.5 Å². The van der Waals surface area contributed by atoms with Crippen molar-refractivity contribution in [1.82, 2.24) is 10.6 Å². The van der Waals surface area contributed by atoms with Crippen molar-refractivity contribution in [3.05, 3.63) is 71.8 Å². The summed E-state index contributed by atoms with van der Waals surface area (Å²) in [7, 11) is 0. The molecule has 0 radical (unpaired) electrons. The van der Waals surface area contributed by atoms with Gasteiger partial charge in [-0.25, -0.2) is 0 Å². The van der Waals surface area contributed by atoms with Crippen molar-refractivity contribution < 1.29 is 9.59 Å². The molecule has 0 bridgehead atoms. The minimum Gasteiger partial charge on any atom is -0.352 e. The first-order valence-corrected chi connectivity index (χ1v) is 10.0. The Balaban J connectivity index is 1.56. The van der Waals surface area contributed by atoms with Gasteiger partial charge < -0.3 is 10.6 Å². The number of hydrogen-bond acceptors (Lipinski definition) is 5. The molecule has 6 nitrogen and oxygen atoms in total. The van der Waals surface area contributed by atoms with E-state index in [1.807, 2.05) is 67.6 Å². The van der Waals surface area contributed by atoms with Gasteiger partial charge in [-0.15, -0.1) is 5.10 Å². The third kappa shape index (κ3) is 5.53. The molecule has 7 heteroatoms. The number of hydrogen-bond donors (Lipinski definition) is 2. The molecule has 0 spiro atoms. The number of carbonyl (C=O) groups excluding carboxylic acids is 2. The van der Waals surface area contributed by atoms with Gasteiger partial charge in [0.15, 0.2) is 5.17 Å². The molecule has 2 amide bonds. The van der Waals surface area contributed by atoms with Crippen LogP contribution in [-0.2, 0) is 16.1 Å². The van der Waals surface area contributed by atoms with Gasteiger partial charge in [0, 0.05) is 13.0 Å². The minimum atomic E-state index is -0.494. The first kappa shape index (κ1) is 19.8. The van der Waals surface area contributed by atoms with E-state index in [-0.39, 0.29) is 18.2 Å². The molecule has 0 saturated carbocycles. The number of thioether (sulfide) groups is 1. The van der Waals surface area contributed by atoms with E-state index in [1.165, 1.54) is 11.8 Å². The summed E-state index contributed by atoms with van der Waals surface area (Å²) in [6.45, 7) is 2.45. The lowest BCUT2D eigenvalue weighted by atomic mass is 10.1. The molecule has 1 atom stereocenters. The van der Waals surface area contributed by atoms with Crippen LogP contribution < -0.4 is 10.6 Å². The first-order valence-electron chi connectivity index (χ1n) is 9.13. The quantitative estimate of drug-likeness (QED) is 0.559. The molecule has 1 aliphatic rings. The number of nitrogens with zero attached hydrogens (tertiary/aromatic N) is 2. The Morgan fingerprint density at radius 1 is 1.11 bits per heavy atom. The summed E-state index contributed by atoms with van der Waals surface area (Å²) in [6.07, 6.45) is 0.829. The van der Waals surface area contributed by atoms with Crippen molar-refractivity contribution in [1.29, 1.82) is 0 Å². The Morgan fingerprint density at radius 3 is 2.46 bits per heavy atom. The summed E-state index contributed by atoms with van der Waals surface area (Å²) in [4.78, 5) is 24.3. The predicted molar refractivity (Wildman–Crippen MR) is 113 cm³/mol. The molecule has 1 heterocycles. The minimum absolute atomic E-state index is 0.103. The van der Waals surface area contributed by atoms with E-state index >= 15 is 0 Å². The average molecular weight is 395 g/mol. The van der Waals surface area contributed by atoms with Gasteiger partial charge in [-0.2, -0.15) is 5.10 Å². The maximum absolute atomic E-state index is 12.2. The standard InChI is InChI=1S/C21H22N4O2S/c1-2-17(16-11-7-4-8-12-16)24-25-21-23-20(27)18(28-21)13-19(26)22-14-15-9-5-3-6-10-15/h3-12,18H,2,13-14H2,1H3,(H,22,26)(H,23,25,27)/t18-/m0/s1. The zero-order valence-electron chi connectivity index (χ0n) is 15.6. The number of nitrogens with one attached hydrogen (secondary N) is 2. The van der Waals surface area contributed by atoms with Crippen LogP contribution in [0.25, 0.3) is 0 Å². The van der Waals surface area contributed by atoms with Crippen LogP contribution in [0.3, 0.4) is 0 Å². The Morgan fingerprint density at radius 2 is 1.79 bits per heavy atom. The Kier molecular flexibility index (Phi) is 6.97. The molecule has 1 saturated heterocycles. The lowest BCUT2D eigenvalue weighted by molar-refractivity contribution is -0.125. The van der Waals surface area contributed by atoms with Gasteiger partial charge in [-0.05, 0) is 17.5 Å². The molecule has 0 unspecified atom stereocenters. The molecule has 28 heavy (non-hydrogen) atoms. The van der Waals surface area contributed by atoms with Gasteiger partial charge in [0.25, 0.3) is 0 Å². The number of amidine groups is 1. The molecular formula is C21H22N4O2S. The SMILES string of the molecule is CCC(=NN=C1NC(=O)[C@H](CC(=O)NCc2ccccc2)S1)c1ccccc1. The van der Waals surface area contributed by atoms with Crippen LogP contribution in [0.4, 0.5) is 0 Å². The van der Waals surface area contributed by atoms with Gasteiger partial charge >= 0.3 is 0 Å². The second-order valence-electron chi connectivity index (χ2n) is 6.23. The normalized spacial score (nSPS) is 18.2. The summed E-state index contributed by atoms with van der Waals surface area (Å²) in [5.41, 5.74) is 2.86. The zero-order valence-corrected chi connectivity index (χ0v) is 16.4. The lowest BCUT2D eigenvalue weighted by Gasteiger charge is -2.07. The molecular weight excluding hydrogens is 372 g/mol. The van der Waals surface area contributed by atoms with Crippen molar-refractivity contribution in [2.24, 2.45) is 10.2 Å². The van der Waals surface area contributed by atoms with Gasteiger partial charge in [-0.3, -0.25) is 9.59 Å². The van der Waals surface area contributed by atoms with Gasteiger partial charge in [-0.1, -0.05) is 79.3 Å². The van der Waals surface area contributed by atoms with E-state index < -0.39 is 5.25 Å². The predicted octanol–water partition coefficient (Wildman–Crippen LogP) is 3.09. The molecule has 0 aromatic heterocycles. The third-order valence-corrected chi connectivity index (χ3v) is 5.26. The van der Waals surface area contributed by atoms with E-state index in [0.717, 1.165) is 23.3 Å². The maximum Gasteiger partial charge on any atom is 0.240 e. The first-order chi connectivity index (χ1) is 13.7. The molecule has 1 fully saturated rings. The highest BCUT2D eigenvalue weighted by Gasteiger charge is 2.32. The van der Waals surface area contributed by atoms with Crippen LogP contribution in [0.5, 0.6) is 0 Å². The van der Waals surface area contributed by atoms with Crippen molar-refractivity contribution in [3.63, 3.8) is 0 Å². The summed E-state index contributed by atoms with van der Waals surface area (Å²) >= 11 is 1.24. The van der Waals surface area contributed by atoms with Gasteiger partial charge in [0.1, 0.15) is 5.25 Å². The van der Waals surface area contributed by atoms with E-state index in [4.69, 9.17) is 0 Å². The van der Waals surface area contributed by atoms with Crippen LogP contribution in [0.1, 0.15) is 30.9 Å². The van der Waals surface area contributed by atoms with E-state index in [0.29, 0.717) is 11.7 Å². The molecule has 2 aromatic rings. The van der Waals surface area contributed by atoms with Crippen LogP contribution in [-0.4, -0.2) is 27.9 Å². The highest BCUT2D eigenvalue weighted by molar-refractivity contribution is 8.15. The fraction of sp³-hybridized carbons (Fsp3) is 0.238. The molecule has 144 valence electrons. The number of benzene rings is 2. The van der Waals surface area contributed by atoms with Gasteiger partial charge in [0.05, 0.1) is 5.71 Å². The van der Waals surface area contributed by atoms with E-state index in [2.05, 4.69) is 20.8 Å². The Hall–Kier alpha value is -2.93. The van der Waals surface area contributed by atoms with Crippen LogP contribution in [0, 0.1) is 0 Å². The summed E-state index contributed by atoms with van der Waals surface area (Å²) < 4.78 is 0. The molecule has 2 aromatic carbocycles. The molecule has 1 aliphatic heterocycles. The number of amides is 2. The monoisotopic (exact) mass is 394 g/mol. The van der Waals surface area contributed by atoms with Crippen LogP contribution in [0.2, 0.25) is 0 Å². The molecule has 2 N–H and O–H groups in total.